The highest BCUT2D eigenvalue weighted by Crippen LogP contribution is 2.41. The van der Waals surface area contributed by atoms with Crippen LogP contribution in [0, 0.1) is 17.8 Å². The maximum Gasteiger partial charge on any atom is 0.0575 e. The minimum Gasteiger partial charge on any atom is -0.378 e. The molecule has 0 N–H and O–H groups in total. The van der Waals surface area contributed by atoms with Crippen molar-refractivity contribution < 1.29 is 4.74 Å². The van der Waals surface area contributed by atoms with Gasteiger partial charge in [0.15, 0.2) is 0 Å². The lowest BCUT2D eigenvalue weighted by Gasteiger charge is -2.37. The Bertz CT molecular complexity index is 323. The van der Waals surface area contributed by atoms with Crippen molar-refractivity contribution in [1.29, 1.82) is 0 Å². The van der Waals surface area contributed by atoms with Crippen LogP contribution in [0.1, 0.15) is 136 Å². The highest BCUT2D eigenvalue weighted by atomic mass is 16.5. The van der Waals surface area contributed by atoms with Crippen molar-refractivity contribution >= 4 is 0 Å². The van der Waals surface area contributed by atoms with Gasteiger partial charge in [0.1, 0.15) is 0 Å². The molecule has 0 unspecified atom stereocenters. The normalized spacial score (nSPS) is 29.1. The second kappa shape index (κ2) is 14.9. The monoisotopic (exact) mass is 378 g/mol. The molecular weight excluding hydrogens is 328 g/mol. The van der Waals surface area contributed by atoms with Crippen LogP contribution < -0.4 is 0 Å². The number of ether oxygens (including phenoxy) is 1. The molecule has 0 atom stereocenters. The van der Waals surface area contributed by atoms with Gasteiger partial charge in [0.2, 0.25) is 0 Å². The van der Waals surface area contributed by atoms with Crippen LogP contribution in [-0.2, 0) is 4.74 Å². The molecule has 0 saturated heterocycles. The Balaban J connectivity index is 1.44. The Labute approximate surface area is 171 Å². The second-order valence-corrected chi connectivity index (χ2v) is 9.81. The van der Waals surface area contributed by atoms with Gasteiger partial charge < -0.3 is 4.74 Å². The van der Waals surface area contributed by atoms with E-state index in [-0.39, 0.29) is 0 Å². The molecule has 27 heavy (non-hydrogen) atoms. The van der Waals surface area contributed by atoms with E-state index in [0.717, 1.165) is 24.4 Å². The summed E-state index contributed by atoms with van der Waals surface area (Å²) in [6, 6.07) is 0. The summed E-state index contributed by atoms with van der Waals surface area (Å²) in [6.45, 7) is 5.65. The van der Waals surface area contributed by atoms with E-state index in [4.69, 9.17) is 4.74 Å². The zero-order valence-electron chi connectivity index (χ0n) is 18.9. The first-order chi connectivity index (χ1) is 13.3. The smallest absolute Gasteiger partial charge is 0.0575 e. The van der Waals surface area contributed by atoms with Crippen LogP contribution in [-0.4, -0.2) is 12.7 Å². The molecule has 0 aromatic heterocycles. The van der Waals surface area contributed by atoms with Crippen molar-refractivity contribution in [2.45, 2.75) is 142 Å². The average Bonchev–Trinajstić information content (AvgIpc) is 2.72. The molecule has 0 bridgehead atoms. The van der Waals surface area contributed by atoms with Gasteiger partial charge in [0.25, 0.3) is 0 Å². The Morgan fingerprint density at radius 2 is 1.07 bits per heavy atom. The van der Waals surface area contributed by atoms with Gasteiger partial charge in [-0.15, -0.1) is 0 Å². The fourth-order valence-electron chi connectivity index (χ4n) is 5.65. The fourth-order valence-corrected chi connectivity index (χ4v) is 5.65. The number of rotatable bonds is 14. The van der Waals surface area contributed by atoms with Gasteiger partial charge in [-0.3, -0.25) is 0 Å². The average molecular weight is 379 g/mol. The van der Waals surface area contributed by atoms with Gasteiger partial charge in [-0.25, -0.2) is 0 Å². The molecule has 2 saturated carbocycles. The van der Waals surface area contributed by atoms with Gasteiger partial charge in [-0.2, -0.15) is 0 Å². The third-order valence-corrected chi connectivity index (χ3v) is 7.59. The first kappa shape index (κ1) is 23.2. The van der Waals surface area contributed by atoms with Crippen LogP contribution in [0.15, 0.2) is 0 Å². The molecule has 0 aliphatic heterocycles. The first-order valence-electron chi connectivity index (χ1n) is 12.9. The summed E-state index contributed by atoms with van der Waals surface area (Å²) < 4.78 is 6.23. The SMILES string of the molecule is CCCCCCCCCCO[C@H]1CC[C@H](C2CCC(CCCC)CC2)CC1. The molecule has 160 valence electrons. The molecule has 0 aromatic carbocycles. The summed E-state index contributed by atoms with van der Waals surface area (Å²) >= 11 is 0. The molecular formula is C26H50O. The van der Waals surface area contributed by atoms with Crippen LogP contribution >= 0.6 is 0 Å². The van der Waals surface area contributed by atoms with E-state index in [2.05, 4.69) is 13.8 Å². The van der Waals surface area contributed by atoms with E-state index < -0.39 is 0 Å². The predicted molar refractivity (Wildman–Crippen MR) is 119 cm³/mol. The van der Waals surface area contributed by atoms with E-state index >= 15 is 0 Å². The fraction of sp³-hybridized carbons (Fsp3) is 1.00. The van der Waals surface area contributed by atoms with Crippen molar-refractivity contribution in [1.82, 2.24) is 0 Å². The maximum atomic E-state index is 6.23. The van der Waals surface area contributed by atoms with E-state index in [1.807, 2.05) is 0 Å². The molecule has 0 spiro atoms. The van der Waals surface area contributed by atoms with Crippen molar-refractivity contribution in [3.05, 3.63) is 0 Å². The molecule has 0 radical (unpaired) electrons. The highest BCUT2D eigenvalue weighted by molar-refractivity contribution is 4.82. The summed E-state index contributed by atoms with van der Waals surface area (Å²) in [5.74, 6) is 3.14. The minimum absolute atomic E-state index is 0.590. The topological polar surface area (TPSA) is 9.23 Å². The highest BCUT2D eigenvalue weighted by Gasteiger charge is 2.30. The van der Waals surface area contributed by atoms with Gasteiger partial charge in [-0.1, -0.05) is 90.9 Å². The second-order valence-electron chi connectivity index (χ2n) is 9.81. The molecule has 1 nitrogen and oxygen atoms in total. The number of hydrogen-bond donors (Lipinski definition) is 0. The quantitative estimate of drug-likeness (QED) is 0.275. The summed E-state index contributed by atoms with van der Waals surface area (Å²) in [5.41, 5.74) is 0. The standard InChI is InChI=1S/C26H50O/c1-3-5-7-8-9-10-11-12-22-27-26-20-18-25(19-21-26)24-16-14-23(15-17-24)13-6-4-2/h23-26H,3-22H2,1-2H3/t23?,24?,25-,26-. The summed E-state index contributed by atoms with van der Waals surface area (Å²) in [6.07, 6.45) is 27.8. The Morgan fingerprint density at radius 1 is 0.556 bits per heavy atom. The summed E-state index contributed by atoms with van der Waals surface area (Å²) in [7, 11) is 0. The molecule has 2 aliphatic carbocycles. The summed E-state index contributed by atoms with van der Waals surface area (Å²) in [4.78, 5) is 0. The predicted octanol–water partition coefficient (Wildman–Crippen LogP) is 8.70. The lowest BCUT2D eigenvalue weighted by molar-refractivity contribution is 0.00527. The lowest BCUT2D eigenvalue weighted by Crippen LogP contribution is -2.28. The molecule has 0 amide bonds. The first-order valence-corrected chi connectivity index (χ1v) is 12.9. The largest absolute Gasteiger partial charge is 0.378 e. The van der Waals surface area contributed by atoms with Crippen LogP contribution in [0.2, 0.25) is 0 Å². The molecule has 2 fully saturated rings. The van der Waals surface area contributed by atoms with E-state index in [9.17, 15) is 0 Å². The molecule has 0 aromatic rings. The van der Waals surface area contributed by atoms with Crippen molar-refractivity contribution in [3.63, 3.8) is 0 Å². The lowest BCUT2D eigenvalue weighted by atomic mass is 9.70. The number of unbranched alkanes of at least 4 members (excludes halogenated alkanes) is 8. The van der Waals surface area contributed by atoms with Crippen LogP contribution in [0.5, 0.6) is 0 Å². The molecule has 1 heteroatoms. The maximum absolute atomic E-state index is 6.23. The number of hydrogen-bond acceptors (Lipinski definition) is 1. The van der Waals surface area contributed by atoms with Crippen LogP contribution in [0.3, 0.4) is 0 Å². The molecule has 0 heterocycles. The zero-order chi connectivity index (χ0) is 19.2. The van der Waals surface area contributed by atoms with Crippen LogP contribution in [0.25, 0.3) is 0 Å². The van der Waals surface area contributed by atoms with Gasteiger partial charge in [0.05, 0.1) is 6.10 Å². The van der Waals surface area contributed by atoms with Crippen molar-refractivity contribution in [3.8, 4) is 0 Å². The Hall–Kier alpha value is -0.0400. The zero-order valence-corrected chi connectivity index (χ0v) is 18.9. The Morgan fingerprint density at radius 3 is 1.67 bits per heavy atom. The van der Waals surface area contributed by atoms with Gasteiger partial charge in [0, 0.05) is 6.61 Å². The van der Waals surface area contributed by atoms with Crippen molar-refractivity contribution in [2.75, 3.05) is 6.61 Å². The van der Waals surface area contributed by atoms with Gasteiger partial charge in [-0.05, 0) is 62.7 Å². The third kappa shape index (κ3) is 9.82. The van der Waals surface area contributed by atoms with Gasteiger partial charge >= 0.3 is 0 Å². The minimum atomic E-state index is 0.590. The van der Waals surface area contributed by atoms with E-state index in [1.54, 1.807) is 0 Å². The summed E-state index contributed by atoms with van der Waals surface area (Å²) in [5, 5.41) is 0. The van der Waals surface area contributed by atoms with Crippen molar-refractivity contribution in [2.24, 2.45) is 17.8 Å². The Kier molecular flexibility index (Phi) is 12.8. The van der Waals surface area contributed by atoms with E-state index in [1.165, 1.54) is 122 Å². The van der Waals surface area contributed by atoms with Crippen LogP contribution in [0.4, 0.5) is 0 Å². The van der Waals surface area contributed by atoms with E-state index in [0.29, 0.717) is 6.10 Å². The molecule has 2 aliphatic rings. The molecule has 2 rings (SSSR count). The third-order valence-electron chi connectivity index (χ3n) is 7.59.